The lowest BCUT2D eigenvalue weighted by molar-refractivity contribution is -0.147. The summed E-state index contributed by atoms with van der Waals surface area (Å²) in [4.78, 5) is 59.0. The van der Waals surface area contributed by atoms with E-state index in [1.54, 1.807) is 0 Å². The largest absolute Gasteiger partial charge is 0.481 e. The van der Waals surface area contributed by atoms with E-state index in [1.807, 2.05) is 25.4 Å². The van der Waals surface area contributed by atoms with Gasteiger partial charge in [0.05, 0.1) is 19.1 Å². The number of rotatable bonds is 15. The fraction of sp³-hybridized carbons (Fsp3) is 0.722. The molecule has 12 nitrogen and oxygen atoms in total. The van der Waals surface area contributed by atoms with E-state index < -0.39 is 66.9 Å². The molecule has 0 aromatic heterocycles. The first-order valence-electron chi connectivity index (χ1n) is 9.63. The van der Waals surface area contributed by atoms with E-state index in [0.29, 0.717) is 12.2 Å². The molecule has 0 aliphatic carbocycles. The summed E-state index contributed by atoms with van der Waals surface area (Å²) in [6.07, 6.45) is 1.62. The lowest BCUT2D eigenvalue weighted by Crippen LogP contribution is -2.58. The third kappa shape index (κ3) is 11.5. The molecule has 31 heavy (non-hydrogen) atoms. The number of carboxylic acids is 2. The number of thioether (sulfide) groups is 1. The fourth-order valence-electron chi connectivity index (χ4n) is 2.47. The number of hydrogen-bond acceptors (Lipinski definition) is 8. The van der Waals surface area contributed by atoms with E-state index in [4.69, 9.17) is 15.9 Å². The van der Waals surface area contributed by atoms with Crippen molar-refractivity contribution < 1.29 is 39.3 Å². The van der Waals surface area contributed by atoms with Crippen LogP contribution in [0.1, 0.15) is 33.1 Å². The molecule has 4 atom stereocenters. The summed E-state index contributed by atoms with van der Waals surface area (Å²) in [5.41, 5.74) is 5.82. The van der Waals surface area contributed by atoms with Crippen molar-refractivity contribution in [3.05, 3.63) is 0 Å². The molecule has 4 unspecified atom stereocenters. The summed E-state index contributed by atoms with van der Waals surface area (Å²) in [5.74, 6) is -4.75. The van der Waals surface area contributed by atoms with Crippen molar-refractivity contribution in [3.8, 4) is 0 Å². The maximum absolute atomic E-state index is 12.6. The minimum Gasteiger partial charge on any atom is -0.481 e. The number of aliphatic hydroxyl groups is 1. The van der Waals surface area contributed by atoms with Gasteiger partial charge < -0.3 is 37.0 Å². The van der Waals surface area contributed by atoms with Crippen LogP contribution in [0.4, 0.5) is 0 Å². The highest BCUT2D eigenvalue weighted by molar-refractivity contribution is 7.98. The summed E-state index contributed by atoms with van der Waals surface area (Å²) >= 11 is 1.52. The molecule has 0 heterocycles. The lowest BCUT2D eigenvalue weighted by atomic mass is 10.0. The molecule has 0 aromatic rings. The number of aliphatic carboxylic acids is 2. The predicted molar refractivity (Wildman–Crippen MR) is 113 cm³/mol. The summed E-state index contributed by atoms with van der Waals surface area (Å²) in [6.45, 7) is 2.77. The van der Waals surface area contributed by atoms with Crippen LogP contribution in [-0.4, -0.2) is 87.8 Å². The van der Waals surface area contributed by atoms with Gasteiger partial charge in [0, 0.05) is 0 Å². The highest BCUT2D eigenvalue weighted by Crippen LogP contribution is 2.07. The van der Waals surface area contributed by atoms with Gasteiger partial charge >= 0.3 is 11.9 Å². The van der Waals surface area contributed by atoms with Crippen LogP contribution in [0.15, 0.2) is 0 Å². The van der Waals surface area contributed by atoms with E-state index in [2.05, 4.69) is 10.6 Å². The molecule has 0 aromatic carbocycles. The van der Waals surface area contributed by atoms with Gasteiger partial charge in [-0.05, 0) is 30.8 Å². The molecular formula is C18H32N4O8S. The molecule has 0 aliphatic rings. The predicted octanol–water partition coefficient (Wildman–Crippen LogP) is -1.88. The van der Waals surface area contributed by atoms with E-state index >= 15 is 0 Å². The van der Waals surface area contributed by atoms with Crippen LogP contribution < -0.4 is 21.7 Å². The molecule has 0 fully saturated rings. The van der Waals surface area contributed by atoms with Gasteiger partial charge in [0.2, 0.25) is 17.7 Å². The molecule has 0 radical (unpaired) electrons. The minimum atomic E-state index is -1.74. The van der Waals surface area contributed by atoms with Crippen molar-refractivity contribution in [1.29, 1.82) is 0 Å². The van der Waals surface area contributed by atoms with Gasteiger partial charge in [-0.15, -0.1) is 0 Å². The number of carbonyl (C=O) groups is 5. The standard InChI is InChI=1S/C18H32N4O8S/c1-9(2)6-11(20-15(26)10(19)4-5-31-3)16(27)22-13(8-23)17(28)21-12(18(29)30)7-14(24)25/h9-13,23H,4-8,19H2,1-3H3,(H,20,26)(H,21,28)(H,22,27)(H,24,25)(H,29,30). The van der Waals surface area contributed by atoms with Crippen molar-refractivity contribution in [1.82, 2.24) is 16.0 Å². The Labute approximate surface area is 184 Å². The van der Waals surface area contributed by atoms with Crippen molar-refractivity contribution in [2.75, 3.05) is 18.6 Å². The zero-order valence-corrected chi connectivity index (χ0v) is 18.6. The van der Waals surface area contributed by atoms with Crippen LogP contribution in [0, 0.1) is 5.92 Å². The Morgan fingerprint density at radius 3 is 1.87 bits per heavy atom. The van der Waals surface area contributed by atoms with Gasteiger partial charge in [-0.1, -0.05) is 13.8 Å². The Balaban J connectivity index is 5.21. The average molecular weight is 465 g/mol. The third-order valence-corrected chi connectivity index (χ3v) is 4.76. The highest BCUT2D eigenvalue weighted by Gasteiger charge is 2.31. The van der Waals surface area contributed by atoms with Crippen LogP contribution in [-0.2, 0) is 24.0 Å². The highest BCUT2D eigenvalue weighted by atomic mass is 32.2. The van der Waals surface area contributed by atoms with E-state index in [1.165, 1.54) is 11.8 Å². The SMILES string of the molecule is CSCCC(N)C(=O)NC(CC(C)C)C(=O)NC(CO)C(=O)NC(CC(=O)O)C(=O)O. The van der Waals surface area contributed by atoms with Crippen LogP contribution >= 0.6 is 11.8 Å². The maximum Gasteiger partial charge on any atom is 0.326 e. The summed E-state index contributed by atoms with van der Waals surface area (Å²) in [5, 5.41) is 34.0. The van der Waals surface area contributed by atoms with Gasteiger partial charge in [-0.3, -0.25) is 19.2 Å². The van der Waals surface area contributed by atoms with E-state index in [0.717, 1.165) is 0 Å². The van der Waals surface area contributed by atoms with Crippen molar-refractivity contribution >= 4 is 41.4 Å². The topological polar surface area (TPSA) is 208 Å². The van der Waals surface area contributed by atoms with Crippen LogP contribution in [0.5, 0.6) is 0 Å². The number of nitrogens with one attached hydrogen (secondary N) is 3. The van der Waals surface area contributed by atoms with E-state index in [9.17, 15) is 29.1 Å². The zero-order valence-electron chi connectivity index (χ0n) is 17.8. The summed E-state index contributed by atoms with van der Waals surface area (Å²) < 4.78 is 0. The third-order valence-electron chi connectivity index (χ3n) is 4.12. The Hall–Kier alpha value is -2.38. The normalized spacial score (nSPS) is 14.8. The van der Waals surface area contributed by atoms with Gasteiger partial charge in [0.25, 0.3) is 0 Å². The number of nitrogens with two attached hydrogens (primary N) is 1. The quantitative estimate of drug-likeness (QED) is 0.143. The monoisotopic (exact) mass is 464 g/mol. The van der Waals surface area contributed by atoms with Crippen LogP contribution in [0.25, 0.3) is 0 Å². The van der Waals surface area contributed by atoms with E-state index in [-0.39, 0.29) is 12.3 Å². The molecule has 0 aliphatic heterocycles. The maximum atomic E-state index is 12.6. The van der Waals surface area contributed by atoms with Crippen LogP contribution in [0.2, 0.25) is 0 Å². The Bertz CT molecular complexity index is 646. The van der Waals surface area contributed by atoms with Gasteiger partial charge in [0.15, 0.2) is 0 Å². The van der Waals surface area contributed by atoms with Crippen molar-refractivity contribution in [3.63, 3.8) is 0 Å². The molecular weight excluding hydrogens is 432 g/mol. The lowest BCUT2D eigenvalue weighted by Gasteiger charge is -2.25. The van der Waals surface area contributed by atoms with Gasteiger partial charge in [-0.25, -0.2) is 4.79 Å². The molecule has 8 N–H and O–H groups in total. The second-order valence-corrected chi connectivity index (χ2v) is 8.31. The number of aliphatic hydroxyl groups excluding tert-OH is 1. The smallest absolute Gasteiger partial charge is 0.326 e. The first kappa shape index (κ1) is 28.6. The molecule has 0 spiro atoms. The fourth-order valence-corrected chi connectivity index (χ4v) is 2.96. The zero-order chi connectivity index (χ0) is 24.1. The molecule has 0 saturated heterocycles. The molecule has 0 bridgehead atoms. The molecule has 0 rings (SSSR count). The Morgan fingerprint density at radius 1 is 0.903 bits per heavy atom. The number of amides is 3. The van der Waals surface area contributed by atoms with Gasteiger partial charge in [-0.2, -0.15) is 11.8 Å². The Kier molecular flexibility index (Phi) is 13.5. The number of carbonyl (C=O) groups excluding carboxylic acids is 3. The van der Waals surface area contributed by atoms with Crippen molar-refractivity contribution in [2.45, 2.75) is 57.3 Å². The van der Waals surface area contributed by atoms with Gasteiger partial charge in [0.1, 0.15) is 18.1 Å². The summed E-state index contributed by atoms with van der Waals surface area (Å²) in [7, 11) is 0. The molecule has 178 valence electrons. The first-order chi connectivity index (χ1) is 14.4. The Morgan fingerprint density at radius 2 is 1.42 bits per heavy atom. The number of hydrogen-bond donors (Lipinski definition) is 7. The molecule has 13 heteroatoms. The minimum absolute atomic E-state index is 0.00756. The molecule has 3 amide bonds. The van der Waals surface area contributed by atoms with Crippen molar-refractivity contribution in [2.24, 2.45) is 11.7 Å². The molecule has 0 saturated carbocycles. The first-order valence-corrected chi connectivity index (χ1v) is 11.0. The second kappa shape index (κ2) is 14.6. The average Bonchev–Trinajstić information content (AvgIpc) is 2.67. The summed E-state index contributed by atoms with van der Waals surface area (Å²) in [6, 6.07) is -5.14. The number of carboxylic acid groups (broad SMARTS) is 2. The van der Waals surface area contributed by atoms with Crippen LogP contribution in [0.3, 0.4) is 0 Å². The second-order valence-electron chi connectivity index (χ2n) is 7.32.